The van der Waals surface area contributed by atoms with Crippen molar-refractivity contribution in [3.8, 4) is 0 Å². The lowest BCUT2D eigenvalue weighted by Crippen LogP contribution is -2.32. The average Bonchev–Trinajstić information content (AvgIpc) is 2.58. The average molecular weight is 295 g/mol. The van der Waals surface area contributed by atoms with Crippen LogP contribution in [0.5, 0.6) is 0 Å². The first-order valence-electron chi connectivity index (χ1n) is 7.81. The Morgan fingerprint density at radius 2 is 1.82 bits per heavy atom. The molecule has 0 atom stereocenters. The zero-order chi connectivity index (χ0) is 15.2. The number of nitrogens with zero attached hydrogens (tertiary/aromatic N) is 2. The smallest absolute Gasteiger partial charge is 0.250 e. The predicted molar refractivity (Wildman–Crippen MR) is 86.1 cm³/mol. The molecule has 4 heteroatoms. The van der Waals surface area contributed by atoms with Gasteiger partial charge in [0.15, 0.2) is 0 Å². The molecule has 4 nitrogen and oxygen atoms in total. The number of hydrogen-bond acceptors (Lipinski definition) is 2. The van der Waals surface area contributed by atoms with Gasteiger partial charge in [-0.05, 0) is 43.6 Å². The van der Waals surface area contributed by atoms with Crippen LogP contribution in [0.3, 0.4) is 0 Å². The number of nitrogens with one attached hydrogen (secondary N) is 1. The molecule has 1 aromatic heterocycles. The first kappa shape index (κ1) is 14.7. The largest absolute Gasteiger partial charge is 0.328 e. The van der Waals surface area contributed by atoms with Gasteiger partial charge in [0.1, 0.15) is 5.49 Å². The molecule has 0 spiro atoms. The van der Waals surface area contributed by atoms with E-state index in [0.29, 0.717) is 0 Å². The minimum absolute atomic E-state index is 0.00881. The standard InChI is InChI=1S/C18H21N3O/c22-18(16-9-11-19-12-10-16)20-17-8-4-5-13-21(17)14-15-6-2-1-3-7-15/h1-8,13,16,19H,9-12,14H2. The molecule has 0 saturated carbocycles. The molecule has 2 aromatic rings. The van der Waals surface area contributed by atoms with Crippen molar-refractivity contribution >= 4 is 5.91 Å². The highest BCUT2D eigenvalue weighted by Crippen LogP contribution is 2.12. The SMILES string of the molecule is O=C(N=c1ccccn1Cc1ccccc1)C1CCNCC1. The second kappa shape index (κ2) is 7.18. The van der Waals surface area contributed by atoms with E-state index in [0.717, 1.165) is 38.0 Å². The van der Waals surface area contributed by atoms with Crippen LogP contribution in [0.15, 0.2) is 59.7 Å². The number of amides is 1. The third-order valence-electron chi connectivity index (χ3n) is 4.03. The summed E-state index contributed by atoms with van der Waals surface area (Å²) in [6.07, 6.45) is 3.74. The van der Waals surface area contributed by atoms with Gasteiger partial charge in [-0.25, -0.2) is 0 Å². The van der Waals surface area contributed by atoms with Crippen LogP contribution in [0, 0.1) is 5.92 Å². The first-order valence-corrected chi connectivity index (χ1v) is 7.81. The third-order valence-corrected chi connectivity index (χ3v) is 4.03. The Hall–Kier alpha value is -2.20. The van der Waals surface area contributed by atoms with Crippen molar-refractivity contribution in [3.05, 3.63) is 65.8 Å². The van der Waals surface area contributed by atoms with E-state index in [1.165, 1.54) is 5.56 Å². The Morgan fingerprint density at radius 1 is 1.09 bits per heavy atom. The van der Waals surface area contributed by atoms with Gasteiger partial charge in [0, 0.05) is 18.7 Å². The van der Waals surface area contributed by atoms with E-state index in [1.54, 1.807) is 0 Å². The first-order chi connectivity index (χ1) is 10.8. The Labute approximate surface area is 130 Å². The Balaban J connectivity index is 1.84. The highest BCUT2D eigenvalue weighted by atomic mass is 16.1. The predicted octanol–water partition coefficient (Wildman–Crippen LogP) is 1.96. The van der Waals surface area contributed by atoms with Crippen molar-refractivity contribution in [2.45, 2.75) is 19.4 Å². The van der Waals surface area contributed by atoms with E-state index in [4.69, 9.17) is 0 Å². The molecule has 0 radical (unpaired) electrons. The summed E-state index contributed by atoms with van der Waals surface area (Å²) < 4.78 is 2.02. The lowest BCUT2D eigenvalue weighted by molar-refractivity contribution is -0.122. The monoisotopic (exact) mass is 295 g/mol. The number of piperidine rings is 1. The van der Waals surface area contributed by atoms with Crippen LogP contribution in [-0.2, 0) is 11.3 Å². The van der Waals surface area contributed by atoms with Gasteiger partial charge >= 0.3 is 0 Å². The van der Waals surface area contributed by atoms with Crippen LogP contribution in [0.1, 0.15) is 18.4 Å². The second-order valence-electron chi connectivity index (χ2n) is 5.65. The molecule has 0 aliphatic carbocycles. The van der Waals surface area contributed by atoms with Gasteiger partial charge in [0.05, 0.1) is 0 Å². The van der Waals surface area contributed by atoms with Crippen LogP contribution in [0.25, 0.3) is 0 Å². The molecule has 1 aromatic carbocycles. The van der Waals surface area contributed by atoms with Gasteiger partial charge in [-0.15, -0.1) is 0 Å². The van der Waals surface area contributed by atoms with Crippen molar-refractivity contribution in [3.63, 3.8) is 0 Å². The normalized spacial score (nSPS) is 16.6. The molecular formula is C18H21N3O. The lowest BCUT2D eigenvalue weighted by Gasteiger charge is -2.19. The summed E-state index contributed by atoms with van der Waals surface area (Å²) >= 11 is 0. The van der Waals surface area contributed by atoms with E-state index in [1.807, 2.05) is 47.2 Å². The maximum Gasteiger partial charge on any atom is 0.250 e. The molecule has 1 N–H and O–H groups in total. The van der Waals surface area contributed by atoms with Crippen molar-refractivity contribution < 1.29 is 4.79 Å². The number of aromatic nitrogens is 1. The Morgan fingerprint density at radius 3 is 2.59 bits per heavy atom. The van der Waals surface area contributed by atoms with E-state index in [9.17, 15) is 4.79 Å². The molecule has 1 fully saturated rings. The summed E-state index contributed by atoms with van der Waals surface area (Å²) in [5.74, 6) is 0.0705. The van der Waals surface area contributed by atoms with Crippen molar-refractivity contribution in [2.24, 2.45) is 10.9 Å². The lowest BCUT2D eigenvalue weighted by atomic mass is 9.98. The number of hydrogen-bond donors (Lipinski definition) is 1. The second-order valence-corrected chi connectivity index (χ2v) is 5.65. The highest BCUT2D eigenvalue weighted by molar-refractivity contribution is 5.79. The van der Waals surface area contributed by atoms with Crippen LogP contribution >= 0.6 is 0 Å². The quantitative estimate of drug-likeness (QED) is 0.941. The summed E-state index contributed by atoms with van der Waals surface area (Å²) in [4.78, 5) is 16.7. The van der Waals surface area contributed by atoms with E-state index >= 15 is 0 Å². The molecule has 1 amide bonds. The van der Waals surface area contributed by atoms with Crippen molar-refractivity contribution in [1.82, 2.24) is 9.88 Å². The van der Waals surface area contributed by atoms with Gasteiger partial charge in [-0.2, -0.15) is 4.99 Å². The molecule has 0 bridgehead atoms. The number of pyridine rings is 1. The number of benzene rings is 1. The summed E-state index contributed by atoms with van der Waals surface area (Å²) in [6, 6.07) is 16.0. The molecule has 3 rings (SSSR count). The topological polar surface area (TPSA) is 46.4 Å². The van der Waals surface area contributed by atoms with Gasteiger partial charge in [-0.1, -0.05) is 36.4 Å². The number of carbonyl (C=O) groups excluding carboxylic acids is 1. The third kappa shape index (κ3) is 3.71. The number of rotatable bonds is 3. The van der Waals surface area contributed by atoms with E-state index in [2.05, 4.69) is 22.4 Å². The number of carbonyl (C=O) groups is 1. The summed E-state index contributed by atoms with van der Waals surface area (Å²) in [7, 11) is 0. The zero-order valence-corrected chi connectivity index (χ0v) is 12.6. The highest BCUT2D eigenvalue weighted by Gasteiger charge is 2.20. The molecule has 1 aliphatic heterocycles. The van der Waals surface area contributed by atoms with Gasteiger partial charge in [0.2, 0.25) is 0 Å². The fraction of sp³-hybridized carbons (Fsp3) is 0.333. The Bertz CT molecular complexity index is 685. The molecule has 22 heavy (non-hydrogen) atoms. The maximum absolute atomic E-state index is 12.4. The molecular weight excluding hydrogens is 274 g/mol. The van der Waals surface area contributed by atoms with E-state index in [-0.39, 0.29) is 11.8 Å². The summed E-state index contributed by atoms with van der Waals surface area (Å²) in [5, 5.41) is 3.28. The van der Waals surface area contributed by atoms with Crippen molar-refractivity contribution in [2.75, 3.05) is 13.1 Å². The molecule has 114 valence electrons. The molecule has 1 aliphatic rings. The Kier molecular flexibility index (Phi) is 4.81. The van der Waals surface area contributed by atoms with Crippen LogP contribution in [0.4, 0.5) is 0 Å². The maximum atomic E-state index is 12.4. The summed E-state index contributed by atoms with van der Waals surface area (Å²) in [5.41, 5.74) is 1.93. The minimum atomic E-state index is 0.00881. The van der Waals surface area contributed by atoms with Gasteiger partial charge < -0.3 is 9.88 Å². The van der Waals surface area contributed by atoms with Crippen LogP contribution in [0.2, 0.25) is 0 Å². The van der Waals surface area contributed by atoms with Crippen LogP contribution in [-0.4, -0.2) is 23.6 Å². The molecule has 2 heterocycles. The molecule has 1 saturated heterocycles. The van der Waals surface area contributed by atoms with Gasteiger partial charge in [-0.3, -0.25) is 4.79 Å². The van der Waals surface area contributed by atoms with Gasteiger partial charge in [0.25, 0.3) is 5.91 Å². The summed E-state index contributed by atoms with van der Waals surface area (Å²) in [6.45, 7) is 2.54. The minimum Gasteiger partial charge on any atom is -0.328 e. The van der Waals surface area contributed by atoms with E-state index < -0.39 is 0 Å². The zero-order valence-electron chi connectivity index (χ0n) is 12.6. The fourth-order valence-corrected chi connectivity index (χ4v) is 2.76. The van der Waals surface area contributed by atoms with Crippen LogP contribution < -0.4 is 10.8 Å². The van der Waals surface area contributed by atoms with Crippen molar-refractivity contribution in [1.29, 1.82) is 0 Å². The molecule has 0 unspecified atom stereocenters. The fourth-order valence-electron chi connectivity index (χ4n) is 2.76.